The van der Waals surface area contributed by atoms with E-state index in [9.17, 15) is 14.4 Å². The molecular weight excluding hydrogens is 396 g/mol. The van der Waals surface area contributed by atoms with Crippen LogP contribution in [0.1, 0.15) is 16.1 Å². The lowest BCUT2D eigenvalue weighted by molar-refractivity contribution is -0.129. The van der Waals surface area contributed by atoms with E-state index < -0.39 is 24.3 Å². The normalized spacial score (nSPS) is 10.6. The van der Waals surface area contributed by atoms with Gasteiger partial charge in [-0.25, -0.2) is 0 Å². The van der Waals surface area contributed by atoms with Gasteiger partial charge in [-0.3, -0.25) is 25.2 Å². The van der Waals surface area contributed by atoms with E-state index in [0.29, 0.717) is 16.4 Å². The Balaban J connectivity index is 1.38. The third kappa shape index (κ3) is 5.56. The van der Waals surface area contributed by atoms with Crippen LogP contribution in [0.5, 0.6) is 0 Å². The van der Waals surface area contributed by atoms with Gasteiger partial charge in [0.1, 0.15) is 18.9 Å². The van der Waals surface area contributed by atoms with Gasteiger partial charge in [0, 0.05) is 21.6 Å². The van der Waals surface area contributed by atoms with E-state index in [4.69, 9.17) is 16.3 Å². The number of para-hydroxylation sites is 1. The van der Waals surface area contributed by atoms with Gasteiger partial charge in [0.15, 0.2) is 0 Å². The number of rotatable bonds is 6. The van der Waals surface area contributed by atoms with Crippen LogP contribution in [0.15, 0.2) is 48.5 Å². The molecule has 0 bridgehead atoms. The Morgan fingerprint density at radius 2 is 1.76 bits per heavy atom. The van der Waals surface area contributed by atoms with E-state index in [-0.39, 0.29) is 6.61 Å². The summed E-state index contributed by atoms with van der Waals surface area (Å²) in [6.45, 7) is 1.14. The monoisotopic (exact) mass is 414 g/mol. The van der Waals surface area contributed by atoms with Crippen molar-refractivity contribution >= 4 is 45.9 Å². The largest absolute Gasteiger partial charge is 0.362 e. The van der Waals surface area contributed by atoms with E-state index in [1.165, 1.54) is 0 Å². The number of H-pyrrole nitrogens is 1. The van der Waals surface area contributed by atoms with E-state index in [1.807, 2.05) is 31.2 Å². The summed E-state index contributed by atoms with van der Waals surface area (Å²) in [5, 5.41) is 4.03. The highest BCUT2D eigenvalue weighted by atomic mass is 35.5. The average molecular weight is 415 g/mol. The molecule has 0 atom stereocenters. The number of carbonyl (C=O) groups excluding carboxylic acids is 3. The summed E-state index contributed by atoms with van der Waals surface area (Å²) in [6.07, 6.45) is 0. The number of anilines is 1. The summed E-state index contributed by atoms with van der Waals surface area (Å²) in [5.74, 6) is -1.52. The summed E-state index contributed by atoms with van der Waals surface area (Å²) in [5.41, 5.74) is 7.06. The van der Waals surface area contributed by atoms with Crippen molar-refractivity contribution in [1.82, 2.24) is 15.8 Å². The summed E-state index contributed by atoms with van der Waals surface area (Å²) in [7, 11) is 0. The number of nitrogens with one attached hydrogen (secondary N) is 4. The van der Waals surface area contributed by atoms with E-state index >= 15 is 0 Å². The summed E-state index contributed by atoms with van der Waals surface area (Å²) < 4.78 is 5.05. The van der Waals surface area contributed by atoms with Crippen LogP contribution in [0.2, 0.25) is 5.02 Å². The van der Waals surface area contributed by atoms with Gasteiger partial charge in [-0.05, 0) is 36.8 Å². The highest BCUT2D eigenvalue weighted by Crippen LogP contribution is 2.19. The van der Waals surface area contributed by atoms with Gasteiger partial charge in [-0.2, -0.15) is 0 Å². The van der Waals surface area contributed by atoms with Crippen molar-refractivity contribution in [3.63, 3.8) is 0 Å². The number of carbonyl (C=O) groups is 3. The molecule has 0 fully saturated rings. The van der Waals surface area contributed by atoms with Crippen molar-refractivity contribution in [2.45, 2.75) is 6.92 Å². The molecule has 8 nitrogen and oxygen atoms in total. The number of aryl methyl sites for hydroxylation is 1. The molecule has 1 heterocycles. The molecule has 0 aliphatic carbocycles. The average Bonchev–Trinajstić information content (AvgIpc) is 3.13. The summed E-state index contributed by atoms with van der Waals surface area (Å²) in [6, 6.07) is 14.2. The fourth-order valence-corrected chi connectivity index (χ4v) is 2.71. The maximum atomic E-state index is 12.1. The van der Waals surface area contributed by atoms with Gasteiger partial charge in [0.05, 0.1) is 0 Å². The molecule has 2 aromatic carbocycles. The lowest BCUT2D eigenvalue weighted by Crippen LogP contribution is -2.43. The van der Waals surface area contributed by atoms with Crippen LogP contribution in [0, 0.1) is 6.92 Å². The lowest BCUT2D eigenvalue weighted by Gasteiger charge is -2.08. The van der Waals surface area contributed by atoms with Crippen LogP contribution in [0.3, 0.4) is 0 Å². The number of ether oxygens (including phenoxy) is 1. The molecule has 150 valence electrons. The van der Waals surface area contributed by atoms with Gasteiger partial charge >= 0.3 is 0 Å². The maximum Gasteiger partial charge on any atom is 0.286 e. The Morgan fingerprint density at radius 1 is 1.00 bits per heavy atom. The van der Waals surface area contributed by atoms with E-state index in [0.717, 1.165) is 16.5 Å². The maximum absolute atomic E-state index is 12.1. The first kappa shape index (κ1) is 20.4. The predicted molar refractivity (Wildman–Crippen MR) is 110 cm³/mol. The van der Waals surface area contributed by atoms with Gasteiger partial charge in [-0.15, -0.1) is 0 Å². The fraction of sp³-hybridized carbons (Fsp3) is 0.150. The number of aromatic nitrogens is 1. The third-order valence-electron chi connectivity index (χ3n) is 4.01. The van der Waals surface area contributed by atoms with Crippen LogP contribution in [-0.2, 0) is 14.3 Å². The second-order valence-corrected chi connectivity index (χ2v) is 6.68. The number of hydrogen-bond acceptors (Lipinski definition) is 4. The first-order chi connectivity index (χ1) is 13.9. The molecule has 0 spiro atoms. The van der Waals surface area contributed by atoms with Crippen LogP contribution in [0.4, 0.5) is 5.69 Å². The predicted octanol–water partition coefficient (Wildman–Crippen LogP) is 2.55. The quantitative estimate of drug-likeness (QED) is 0.464. The minimum absolute atomic E-state index is 0.309. The van der Waals surface area contributed by atoms with Crippen molar-refractivity contribution in [1.29, 1.82) is 0 Å². The molecule has 0 aliphatic heterocycles. The summed E-state index contributed by atoms with van der Waals surface area (Å²) in [4.78, 5) is 38.6. The van der Waals surface area contributed by atoms with Crippen molar-refractivity contribution in [2.24, 2.45) is 0 Å². The molecule has 0 saturated heterocycles. The van der Waals surface area contributed by atoms with Gasteiger partial charge in [0.25, 0.3) is 11.8 Å². The second kappa shape index (κ2) is 9.22. The topological polar surface area (TPSA) is 112 Å². The molecule has 3 rings (SSSR count). The van der Waals surface area contributed by atoms with Gasteiger partial charge in [-0.1, -0.05) is 35.9 Å². The Hall–Kier alpha value is -3.36. The first-order valence-electron chi connectivity index (χ1n) is 8.73. The van der Waals surface area contributed by atoms with Crippen LogP contribution >= 0.6 is 11.6 Å². The Morgan fingerprint density at radius 3 is 2.52 bits per heavy atom. The molecule has 1 aromatic heterocycles. The molecule has 3 aromatic rings. The lowest BCUT2D eigenvalue weighted by atomic mass is 10.2. The molecule has 0 radical (unpaired) electrons. The Labute approximate surface area is 171 Å². The SMILES string of the molecule is Cc1ccc(NC(=O)COCC(=O)NNC(=O)c2cc3ccccc3[nH]2)cc1Cl. The van der Waals surface area contributed by atoms with Crippen LogP contribution in [-0.4, -0.2) is 35.9 Å². The van der Waals surface area contributed by atoms with Crippen LogP contribution < -0.4 is 16.2 Å². The van der Waals surface area contributed by atoms with Crippen molar-refractivity contribution in [3.05, 3.63) is 64.8 Å². The van der Waals surface area contributed by atoms with Crippen molar-refractivity contribution in [2.75, 3.05) is 18.5 Å². The molecular formula is C20H19ClN4O4. The minimum atomic E-state index is -0.597. The summed E-state index contributed by atoms with van der Waals surface area (Å²) >= 11 is 6.00. The molecule has 29 heavy (non-hydrogen) atoms. The molecule has 3 amide bonds. The zero-order chi connectivity index (χ0) is 20.8. The fourth-order valence-electron chi connectivity index (χ4n) is 2.53. The number of benzene rings is 2. The Kier molecular flexibility index (Phi) is 6.48. The minimum Gasteiger partial charge on any atom is -0.362 e. The standard InChI is InChI=1S/C20H19ClN4O4/c1-12-6-7-14(9-15(12)21)22-18(26)10-29-11-19(27)24-25-20(28)17-8-13-4-2-3-5-16(13)23-17/h2-9,23H,10-11H2,1H3,(H,22,26)(H,24,27)(H,25,28). The highest BCUT2D eigenvalue weighted by molar-refractivity contribution is 6.31. The number of amides is 3. The van der Waals surface area contributed by atoms with Crippen molar-refractivity contribution < 1.29 is 19.1 Å². The van der Waals surface area contributed by atoms with E-state index in [2.05, 4.69) is 21.2 Å². The van der Waals surface area contributed by atoms with E-state index in [1.54, 1.807) is 24.3 Å². The number of aromatic amines is 1. The zero-order valence-electron chi connectivity index (χ0n) is 15.5. The third-order valence-corrected chi connectivity index (χ3v) is 4.42. The second-order valence-electron chi connectivity index (χ2n) is 6.28. The molecule has 0 unspecified atom stereocenters. The van der Waals surface area contributed by atoms with Crippen LogP contribution in [0.25, 0.3) is 10.9 Å². The molecule has 4 N–H and O–H groups in total. The molecule has 0 aliphatic rings. The van der Waals surface area contributed by atoms with Crippen molar-refractivity contribution in [3.8, 4) is 0 Å². The molecule has 9 heteroatoms. The number of halogens is 1. The van der Waals surface area contributed by atoms with Gasteiger partial charge in [0.2, 0.25) is 5.91 Å². The zero-order valence-corrected chi connectivity index (χ0v) is 16.3. The first-order valence-corrected chi connectivity index (χ1v) is 9.11. The number of hydrogen-bond donors (Lipinski definition) is 4. The van der Waals surface area contributed by atoms with Gasteiger partial charge < -0.3 is 15.0 Å². The number of fused-ring (bicyclic) bond motifs is 1. The number of hydrazine groups is 1. The smallest absolute Gasteiger partial charge is 0.286 e. The highest BCUT2D eigenvalue weighted by Gasteiger charge is 2.11. The molecule has 0 saturated carbocycles. The Bertz CT molecular complexity index is 1030.